The molecule has 4 aliphatic heterocycles. The van der Waals surface area contributed by atoms with Crippen LogP contribution in [0, 0.1) is 81.8 Å². The van der Waals surface area contributed by atoms with Gasteiger partial charge in [0.2, 0.25) is 0 Å². The van der Waals surface area contributed by atoms with E-state index in [0.717, 1.165) is 131 Å². The van der Waals surface area contributed by atoms with Crippen molar-refractivity contribution in [3.8, 4) is 0 Å². The SMILES string of the molecule is CC(=O)[O-].CC1=C2C[C@H]3[C@@H](CC[C@@H]4CC(=NO)CC[C@@]43C)[C@@H]2CC[C@@]2(C1)O[C@@H]1C[C@H](C)CN(C(=O)OCc3ccccc3)[C@H]1[C@H]2C.CC1=C2C[C@H]3[C@@H](CC[C@@H]4CC(=O)CC[C@@]43C)[C@@H]2CC[C@@]2(C1)O[C@@H]1C[C@H](C)CN(C(=O)OCc3ccccc3)[C@H]1[C@H]2C.CNO.[Na+]. The molecule has 15 nitrogen and oxygen atoms in total. The summed E-state index contributed by atoms with van der Waals surface area (Å²) in [6, 6.07) is 20.1. The number of hydrogen-bond acceptors (Lipinski definition) is 13. The van der Waals surface area contributed by atoms with E-state index in [2.05, 4.69) is 60.5 Å². The van der Waals surface area contributed by atoms with Crippen LogP contribution in [0.1, 0.15) is 202 Å². The average molecular weight is 1260 g/mol. The van der Waals surface area contributed by atoms with Crippen molar-refractivity contribution in [3.05, 3.63) is 94.1 Å². The van der Waals surface area contributed by atoms with Crippen LogP contribution in [-0.4, -0.2) is 105 Å². The number of piperidine rings is 2. The number of ketones is 1. The summed E-state index contributed by atoms with van der Waals surface area (Å²) in [4.78, 5) is 52.3. The number of hydroxylamine groups is 1. The van der Waals surface area contributed by atoms with Gasteiger partial charge in [-0.15, -0.1) is 0 Å². The molecule has 2 aromatic carbocycles. The van der Waals surface area contributed by atoms with Crippen molar-refractivity contribution in [2.45, 2.75) is 239 Å². The average Bonchev–Trinajstić information content (AvgIpc) is 1.61. The van der Waals surface area contributed by atoms with Crippen LogP contribution in [0.2, 0.25) is 0 Å². The van der Waals surface area contributed by atoms with E-state index in [0.29, 0.717) is 65.3 Å². The largest absolute Gasteiger partial charge is 1.00 e. The molecule has 16 heteroatoms. The molecule has 0 unspecified atom stereocenters. The quantitative estimate of drug-likeness (QED) is 0.113. The molecule has 0 bridgehead atoms. The molecule has 20 atom stereocenters. The van der Waals surface area contributed by atoms with Crippen molar-refractivity contribution in [2.75, 3.05) is 20.1 Å². The summed E-state index contributed by atoms with van der Waals surface area (Å²) in [5.74, 6) is 6.34. The van der Waals surface area contributed by atoms with Crippen molar-refractivity contribution in [3.63, 3.8) is 0 Å². The molecule has 0 radical (unpaired) electrons. The normalized spacial score (nSPS) is 40.4. The third-order valence-corrected chi connectivity index (χ3v) is 26.2. The minimum atomic E-state index is -1.08. The summed E-state index contributed by atoms with van der Waals surface area (Å²) >= 11 is 0. The van der Waals surface area contributed by atoms with Crippen LogP contribution in [0.3, 0.4) is 0 Å². The van der Waals surface area contributed by atoms with Crippen LogP contribution in [0.15, 0.2) is 88.1 Å². The molecule has 494 valence electrons. The Morgan fingerprint density at radius 1 is 0.648 bits per heavy atom. The Kier molecular flexibility index (Phi) is 22.0. The number of Topliss-reactive ketones (excluding diaryl/α,β-unsaturated/α-hetero) is 1. The molecule has 2 spiro atoms. The third-order valence-electron chi connectivity index (χ3n) is 26.2. The Labute approximate surface area is 565 Å². The van der Waals surface area contributed by atoms with E-state index in [1.807, 2.05) is 70.5 Å². The van der Waals surface area contributed by atoms with Gasteiger partial charge >= 0.3 is 41.7 Å². The second-order valence-electron chi connectivity index (χ2n) is 31.2. The number of carbonyl (C=O) groups excluding carboxylic acids is 4. The van der Waals surface area contributed by atoms with Crippen LogP contribution in [0.25, 0.3) is 0 Å². The number of benzene rings is 2. The number of aliphatic carboxylic acids is 1. The summed E-state index contributed by atoms with van der Waals surface area (Å²) in [5.41, 5.74) is 11.7. The molecule has 4 saturated heterocycles. The molecular formula is C75H107N4NaO11. The maximum absolute atomic E-state index is 13.5. The van der Waals surface area contributed by atoms with Gasteiger partial charge in [0.05, 0.1) is 41.2 Å². The molecule has 8 aliphatic carbocycles. The maximum Gasteiger partial charge on any atom is 1.00 e. The van der Waals surface area contributed by atoms with Crippen molar-refractivity contribution < 1.29 is 83.2 Å². The molecule has 2 aromatic rings. The molecule has 10 fully saturated rings. The van der Waals surface area contributed by atoms with Crippen LogP contribution in [0.5, 0.6) is 0 Å². The first kappa shape index (κ1) is 69.7. The van der Waals surface area contributed by atoms with Crippen molar-refractivity contribution in [2.24, 2.45) is 87.0 Å². The summed E-state index contributed by atoms with van der Waals surface area (Å²) in [6.45, 7) is 22.2. The fraction of sp³-hybridized carbons (Fsp3) is 0.720. The van der Waals surface area contributed by atoms with Crippen LogP contribution in [0.4, 0.5) is 9.59 Å². The van der Waals surface area contributed by atoms with Gasteiger partial charge in [-0.05, 0) is 217 Å². The number of oxime groups is 1. The molecular weight excluding hydrogens is 1160 g/mol. The van der Waals surface area contributed by atoms with E-state index < -0.39 is 5.97 Å². The van der Waals surface area contributed by atoms with Crippen LogP contribution in [-0.2, 0) is 41.8 Å². The number of ether oxygens (including phenoxy) is 4. The fourth-order valence-electron chi connectivity index (χ4n) is 21.8. The van der Waals surface area contributed by atoms with Gasteiger partial charge < -0.3 is 49.1 Å². The number of carbonyl (C=O) groups is 4. The second kappa shape index (κ2) is 28.7. The molecule has 4 heterocycles. The third kappa shape index (κ3) is 13.7. The topological polar surface area (TPSA) is 200 Å². The molecule has 6 saturated carbocycles. The van der Waals surface area contributed by atoms with Gasteiger partial charge in [-0.1, -0.05) is 130 Å². The first-order valence-electron chi connectivity index (χ1n) is 34.9. The van der Waals surface area contributed by atoms with Gasteiger partial charge in [-0.2, -0.15) is 0 Å². The summed E-state index contributed by atoms with van der Waals surface area (Å²) in [5, 5.41) is 29.3. The van der Waals surface area contributed by atoms with Crippen LogP contribution < -0.4 is 40.1 Å². The zero-order valence-electron chi connectivity index (χ0n) is 56.9. The predicted octanol–water partition coefficient (Wildman–Crippen LogP) is 11.1. The number of likely N-dealkylation sites (tertiary alicyclic amines) is 2. The van der Waals surface area contributed by atoms with Gasteiger partial charge in [0.1, 0.15) is 19.0 Å². The number of carboxylic acid groups (broad SMARTS) is 1. The number of hydrogen-bond donors (Lipinski definition) is 3. The van der Waals surface area contributed by atoms with E-state index in [9.17, 15) is 19.6 Å². The Bertz CT molecular complexity index is 3010. The summed E-state index contributed by atoms with van der Waals surface area (Å²) in [7, 11) is 1.43. The number of fused-ring (bicyclic) bond motifs is 12. The minimum absolute atomic E-state index is 0. The first-order valence-corrected chi connectivity index (χ1v) is 34.9. The Morgan fingerprint density at radius 3 is 1.47 bits per heavy atom. The molecule has 2 amide bonds. The Morgan fingerprint density at radius 2 is 1.05 bits per heavy atom. The van der Waals surface area contributed by atoms with Crippen molar-refractivity contribution >= 4 is 29.7 Å². The van der Waals surface area contributed by atoms with Gasteiger partial charge in [0.15, 0.2) is 0 Å². The van der Waals surface area contributed by atoms with Gasteiger partial charge in [0.25, 0.3) is 0 Å². The van der Waals surface area contributed by atoms with Crippen molar-refractivity contribution in [1.29, 1.82) is 0 Å². The van der Waals surface area contributed by atoms with E-state index in [1.165, 1.54) is 64.8 Å². The molecule has 14 rings (SSSR count). The minimum Gasteiger partial charge on any atom is -0.550 e. The monoisotopic (exact) mass is 1260 g/mol. The first-order chi connectivity index (χ1) is 43.0. The number of nitrogens with one attached hydrogen (secondary N) is 1. The standard InChI is InChI=1S/C36H50N2O4.C36H49NO4.C2H4O2.CH5NO.Na/c1-22-16-32-33(38(20-22)34(39)41-21-25-8-6-5-7-9-25)24(3)36(42-32)15-13-28-29-11-10-26-17-27(37-40)12-14-35(26,4)31(29)18-30(28)23(2)19-36;1-22-16-32-33(37(20-22)34(39)40-21-25-8-6-5-7-9-25)24(3)36(41-32)15-13-28-29-11-10-26-17-27(38)12-14-35(26,4)31(29)18-30(28)23(2)19-36;1-2(3)4;1-2-3;/h5-9,22,24,26,28-29,31-33,40H,10-21H2,1-4H3;5-9,22,24,26,28-29,31-33H,10-21H2,1-4H3;1H3,(H,3,4);2-3H,1H3;/q;;;;+1/p-1/t2*22-,24+,26+,28-,29-,31-,32+,33-,35-,36-;;;/m00.../s1. The second-order valence-corrected chi connectivity index (χ2v) is 31.2. The van der Waals surface area contributed by atoms with E-state index in [-0.39, 0.29) is 89.1 Å². The van der Waals surface area contributed by atoms with Gasteiger partial charge in [0, 0.05) is 50.8 Å². The van der Waals surface area contributed by atoms with Crippen LogP contribution >= 0.6 is 0 Å². The van der Waals surface area contributed by atoms with Crippen molar-refractivity contribution in [1.82, 2.24) is 15.3 Å². The summed E-state index contributed by atoms with van der Waals surface area (Å²) in [6.07, 6.45) is 21.7. The number of allylic oxidation sites excluding steroid dienone is 2. The Balaban J connectivity index is 0.000000180. The molecule has 0 aromatic heterocycles. The van der Waals surface area contributed by atoms with Gasteiger partial charge in [-0.25, -0.2) is 15.1 Å². The number of nitrogens with zero attached hydrogens (tertiary/aromatic N) is 3. The smallest absolute Gasteiger partial charge is 0.550 e. The molecule has 12 aliphatic rings. The predicted molar refractivity (Wildman–Crippen MR) is 344 cm³/mol. The fourth-order valence-corrected chi connectivity index (χ4v) is 21.8. The number of carboxylic acids is 1. The molecule has 3 N–H and O–H groups in total. The number of rotatable bonds is 4. The zero-order valence-corrected chi connectivity index (χ0v) is 58.9. The summed E-state index contributed by atoms with van der Waals surface area (Å²) < 4.78 is 26.1. The zero-order chi connectivity index (χ0) is 64.0. The Hall–Kier alpha value is -4.09. The maximum atomic E-state index is 13.5. The van der Waals surface area contributed by atoms with E-state index in [1.54, 1.807) is 27.8 Å². The van der Waals surface area contributed by atoms with Gasteiger partial charge in [-0.3, -0.25) is 4.79 Å². The number of amides is 2. The van der Waals surface area contributed by atoms with E-state index in [4.69, 9.17) is 34.1 Å². The van der Waals surface area contributed by atoms with E-state index >= 15 is 0 Å². The molecule has 91 heavy (non-hydrogen) atoms.